The summed E-state index contributed by atoms with van der Waals surface area (Å²) in [4.78, 5) is 17.1. The van der Waals surface area contributed by atoms with E-state index in [9.17, 15) is 9.90 Å². The van der Waals surface area contributed by atoms with E-state index in [0.717, 1.165) is 55.2 Å². The summed E-state index contributed by atoms with van der Waals surface area (Å²) in [7, 11) is 0. The van der Waals surface area contributed by atoms with E-state index in [1.807, 2.05) is 40.9 Å². The molecule has 2 aliphatic heterocycles. The summed E-state index contributed by atoms with van der Waals surface area (Å²) in [5.74, 6) is 2.85. The van der Waals surface area contributed by atoms with Gasteiger partial charge in [0.05, 0.1) is 5.60 Å². The lowest BCUT2D eigenvalue weighted by atomic mass is 9.84. The number of likely N-dealkylation sites (tertiary alicyclic amines) is 1. The van der Waals surface area contributed by atoms with Crippen LogP contribution in [0.1, 0.15) is 59.9 Å². The Hall–Kier alpha value is -2.28. The number of piperidine rings is 1. The smallest absolute Gasteiger partial charge is 0.289 e. The molecule has 3 heterocycles. The topological polar surface area (TPSA) is 56.9 Å². The number of carbonyl (C=O) groups is 1. The monoisotopic (exact) mass is 478 g/mol. The molecule has 0 unspecified atom stereocenters. The second kappa shape index (κ2) is 9.76. The van der Waals surface area contributed by atoms with Crippen molar-refractivity contribution in [2.75, 3.05) is 37.7 Å². The number of hydrogen-bond acceptors (Lipinski definition) is 5. The molecular weight excluding hydrogens is 444 g/mol. The standard InChI is InChI=1S/C28H34N2O3S/c1-20(2)22-5-3-21(4-6-22)19-29-11-9-28(32,10-12-29)24-7-8-25-23(17-24)18-26(33-25)27(31)30-13-15-34-16-14-30/h3-8,17-18,20,32H,9-16,19H2,1-2H3. The fourth-order valence-electron chi connectivity index (χ4n) is 5.00. The average Bonchev–Trinajstić information content (AvgIpc) is 3.29. The molecule has 0 aliphatic carbocycles. The Kier molecular flexibility index (Phi) is 6.74. The number of aliphatic hydroxyl groups is 1. The molecule has 0 bridgehead atoms. The maximum atomic E-state index is 12.8. The van der Waals surface area contributed by atoms with Gasteiger partial charge in [-0.2, -0.15) is 11.8 Å². The van der Waals surface area contributed by atoms with Crippen molar-refractivity contribution in [2.45, 2.75) is 44.8 Å². The van der Waals surface area contributed by atoms with Gasteiger partial charge >= 0.3 is 0 Å². The number of furan rings is 1. The molecule has 0 radical (unpaired) electrons. The highest BCUT2D eigenvalue weighted by Crippen LogP contribution is 2.35. The zero-order chi connectivity index (χ0) is 23.7. The van der Waals surface area contributed by atoms with Crippen LogP contribution >= 0.6 is 11.8 Å². The number of amides is 1. The molecule has 2 aromatic carbocycles. The molecule has 3 aromatic rings. The Bertz CT molecular complexity index is 1140. The molecule has 5 nitrogen and oxygen atoms in total. The number of hydrogen-bond donors (Lipinski definition) is 1. The Labute approximate surface area is 206 Å². The molecule has 34 heavy (non-hydrogen) atoms. The maximum Gasteiger partial charge on any atom is 0.289 e. The van der Waals surface area contributed by atoms with Crippen LogP contribution < -0.4 is 0 Å². The van der Waals surface area contributed by atoms with Crippen molar-refractivity contribution in [2.24, 2.45) is 0 Å². The first-order chi connectivity index (χ1) is 16.4. The highest BCUT2D eigenvalue weighted by molar-refractivity contribution is 7.99. The first kappa shape index (κ1) is 23.5. The van der Waals surface area contributed by atoms with Gasteiger partial charge < -0.3 is 14.4 Å². The number of fused-ring (bicyclic) bond motifs is 1. The summed E-state index contributed by atoms with van der Waals surface area (Å²) in [6, 6.07) is 16.6. The summed E-state index contributed by atoms with van der Waals surface area (Å²) in [5, 5.41) is 12.4. The average molecular weight is 479 g/mol. The van der Waals surface area contributed by atoms with Gasteiger partial charge in [0.1, 0.15) is 5.58 Å². The highest BCUT2D eigenvalue weighted by Gasteiger charge is 2.34. The van der Waals surface area contributed by atoms with Crippen LogP contribution in [0.15, 0.2) is 52.9 Å². The van der Waals surface area contributed by atoms with Crippen molar-refractivity contribution < 1.29 is 14.3 Å². The van der Waals surface area contributed by atoms with Gasteiger partial charge in [-0.25, -0.2) is 0 Å². The summed E-state index contributed by atoms with van der Waals surface area (Å²) in [6.07, 6.45) is 1.38. The molecule has 2 aliphatic rings. The molecule has 0 spiro atoms. The second-order valence-corrected chi connectivity index (χ2v) is 11.2. The fraction of sp³-hybridized carbons (Fsp3) is 0.464. The molecule has 180 valence electrons. The van der Waals surface area contributed by atoms with Crippen LogP contribution in [0.4, 0.5) is 0 Å². The lowest BCUT2D eigenvalue weighted by molar-refractivity contribution is -0.0276. The molecule has 5 rings (SSSR count). The van der Waals surface area contributed by atoms with Crippen LogP contribution in [0.25, 0.3) is 11.0 Å². The Morgan fingerprint density at radius 2 is 1.74 bits per heavy atom. The number of benzene rings is 2. The lowest BCUT2D eigenvalue weighted by Gasteiger charge is -2.38. The van der Waals surface area contributed by atoms with Crippen LogP contribution in [-0.4, -0.2) is 58.5 Å². The van der Waals surface area contributed by atoms with Crippen molar-refractivity contribution in [3.8, 4) is 0 Å². The predicted molar refractivity (Wildman–Crippen MR) is 138 cm³/mol. The molecule has 1 amide bonds. The molecule has 2 fully saturated rings. The number of thioether (sulfide) groups is 1. The van der Waals surface area contributed by atoms with E-state index in [4.69, 9.17) is 4.42 Å². The van der Waals surface area contributed by atoms with Gasteiger partial charge in [0.2, 0.25) is 0 Å². The summed E-state index contributed by atoms with van der Waals surface area (Å²) in [6.45, 7) is 8.58. The van der Waals surface area contributed by atoms with E-state index < -0.39 is 5.60 Å². The van der Waals surface area contributed by atoms with E-state index in [0.29, 0.717) is 30.1 Å². The Morgan fingerprint density at radius 1 is 1.03 bits per heavy atom. The first-order valence-corrected chi connectivity index (χ1v) is 13.5. The minimum atomic E-state index is -0.849. The maximum absolute atomic E-state index is 12.8. The molecule has 0 saturated carbocycles. The van der Waals surface area contributed by atoms with Crippen LogP contribution in [0.2, 0.25) is 0 Å². The predicted octanol–water partition coefficient (Wildman–Crippen LogP) is 5.23. The Balaban J connectivity index is 1.25. The molecule has 2 saturated heterocycles. The number of rotatable bonds is 5. The van der Waals surface area contributed by atoms with Crippen LogP contribution in [0.3, 0.4) is 0 Å². The zero-order valence-corrected chi connectivity index (χ0v) is 20.9. The number of carbonyl (C=O) groups excluding carboxylic acids is 1. The normalized spacial score (nSPS) is 19.1. The minimum Gasteiger partial charge on any atom is -0.451 e. The summed E-state index contributed by atoms with van der Waals surface area (Å²) >= 11 is 1.88. The van der Waals surface area contributed by atoms with E-state index in [2.05, 4.69) is 43.0 Å². The summed E-state index contributed by atoms with van der Waals surface area (Å²) in [5.41, 5.74) is 3.45. The molecule has 6 heteroatoms. The van der Waals surface area contributed by atoms with E-state index in [1.54, 1.807) is 0 Å². The molecule has 1 aromatic heterocycles. The van der Waals surface area contributed by atoms with E-state index in [-0.39, 0.29) is 5.91 Å². The van der Waals surface area contributed by atoms with Crippen molar-refractivity contribution in [1.82, 2.24) is 9.80 Å². The van der Waals surface area contributed by atoms with Crippen molar-refractivity contribution in [3.05, 3.63) is 71.0 Å². The van der Waals surface area contributed by atoms with E-state index >= 15 is 0 Å². The lowest BCUT2D eigenvalue weighted by Crippen LogP contribution is -2.42. The van der Waals surface area contributed by atoms with Crippen LogP contribution in [0, 0.1) is 0 Å². The zero-order valence-electron chi connectivity index (χ0n) is 20.1. The van der Waals surface area contributed by atoms with Crippen LogP contribution in [0.5, 0.6) is 0 Å². The van der Waals surface area contributed by atoms with Gasteiger partial charge in [-0.3, -0.25) is 9.69 Å². The van der Waals surface area contributed by atoms with Crippen molar-refractivity contribution in [3.63, 3.8) is 0 Å². The third kappa shape index (κ3) is 4.90. The van der Waals surface area contributed by atoms with Gasteiger partial charge in [-0.15, -0.1) is 0 Å². The van der Waals surface area contributed by atoms with Gasteiger partial charge in [0, 0.05) is 49.6 Å². The third-order valence-corrected chi connectivity index (χ3v) is 8.24. The SMILES string of the molecule is CC(C)c1ccc(CN2CCC(O)(c3ccc4oc(C(=O)N5CCSCC5)cc4c3)CC2)cc1. The highest BCUT2D eigenvalue weighted by atomic mass is 32.2. The fourth-order valence-corrected chi connectivity index (χ4v) is 5.90. The van der Waals surface area contributed by atoms with Gasteiger partial charge in [-0.1, -0.05) is 44.2 Å². The van der Waals surface area contributed by atoms with E-state index in [1.165, 1.54) is 11.1 Å². The van der Waals surface area contributed by atoms with Gasteiger partial charge in [-0.05, 0) is 53.6 Å². The number of nitrogens with zero attached hydrogens (tertiary/aromatic N) is 2. The second-order valence-electron chi connectivity index (χ2n) is 9.97. The quantitative estimate of drug-likeness (QED) is 0.544. The van der Waals surface area contributed by atoms with Gasteiger partial charge in [0.25, 0.3) is 5.91 Å². The van der Waals surface area contributed by atoms with Crippen molar-refractivity contribution >= 4 is 28.6 Å². The molecule has 0 atom stereocenters. The molecular formula is C28H34N2O3S. The minimum absolute atomic E-state index is 0.0357. The largest absolute Gasteiger partial charge is 0.451 e. The van der Waals surface area contributed by atoms with Gasteiger partial charge in [0.15, 0.2) is 5.76 Å². The first-order valence-electron chi connectivity index (χ1n) is 12.4. The van der Waals surface area contributed by atoms with Crippen molar-refractivity contribution in [1.29, 1.82) is 0 Å². The molecule has 1 N–H and O–H groups in total. The Morgan fingerprint density at radius 3 is 2.41 bits per heavy atom. The third-order valence-electron chi connectivity index (χ3n) is 7.30. The summed E-state index contributed by atoms with van der Waals surface area (Å²) < 4.78 is 5.88. The van der Waals surface area contributed by atoms with Crippen LogP contribution in [-0.2, 0) is 12.1 Å².